The molecule has 0 amide bonds. The zero-order valence-electron chi connectivity index (χ0n) is 5.38. The van der Waals surface area contributed by atoms with Crippen molar-refractivity contribution in [1.29, 1.82) is 0 Å². The first kappa shape index (κ1) is 14.4. The summed E-state index contributed by atoms with van der Waals surface area (Å²) in [6.45, 7) is 0. The summed E-state index contributed by atoms with van der Waals surface area (Å²) < 4.78 is 29.3. The monoisotopic (exact) mass is 302 g/mol. The maximum Gasteiger partial charge on any atom is 1.00 e. The van der Waals surface area contributed by atoms with Crippen LogP contribution in [0, 0.1) is 0 Å². The van der Waals surface area contributed by atoms with Gasteiger partial charge in [-0.25, -0.2) is 8.42 Å². The van der Waals surface area contributed by atoms with Gasteiger partial charge < -0.3 is 4.55 Å². The summed E-state index contributed by atoms with van der Waals surface area (Å²) in [6, 6.07) is 0. The molecule has 0 aromatic heterocycles. The summed E-state index contributed by atoms with van der Waals surface area (Å²) in [5, 5.41) is 0.504. The van der Waals surface area contributed by atoms with E-state index in [-0.39, 0.29) is 29.6 Å². The Kier molecular flexibility index (Phi) is 9.20. The summed E-state index contributed by atoms with van der Waals surface area (Å²) >= 11 is 5.74. The van der Waals surface area contributed by atoms with Crippen LogP contribution in [0.5, 0.6) is 0 Å². The Morgan fingerprint density at radius 1 is 1.50 bits per heavy atom. The van der Waals surface area contributed by atoms with Gasteiger partial charge in [-0.15, -0.1) is 0 Å². The summed E-state index contributed by atoms with van der Waals surface area (Å²) in [4.78, 5) is 0. The van der Waals surface area contributed by atoms with E-state index < -0.39 is 14.3 Å². The molecule has 0 aliphatic carbocycles. The van der Waals surface area contributed by atoms with Crippen LogP contribution in [0.2, 0.25) is 0 Å². The van der Waals surface area contributed by atoms with E-state index >= 15 is 0 Å². The van der Waals surface area contributed by atoms with Crippen molar-refractivity contribution >= 4 is 42.0 Å². The van der Waals surface area contributed by atoms with Crippen LogP contribution in [0.1, 0.15) is 6.42 Å². The van der Waals surface area contributed by atoms with Crippen molar-refractivity contribution in [3.63, 3.8) is 0 Å². The zero-order chi connectivity index (χ0) is 7.49. The molecule has 0 heterocycles. The number of halogens is 2. The van der Waals surface area contributed by atoms with Crippen LogP contribution in [0.4, 0.5) is 0 Å². The molecule has 0 saturated heterocycles. The Morgan fingerprint density at radius 2 is 1.90 bits per heavy atom. The van der Waals surface area contributed by atoms with Gasteiger partial charge in [0.2, 0.25) is 0 Å². The number of hydrogen-bond acceptors (Lipinski definition) is 3. The van der Waals surface area contributed by atoms with Crippen LogP contribution < -0.4 is 29.6 Å². The topological polar surface area (TPSA) is 57.2 Å². The van der Waals surface area contributed by atoms with Crippen molar-refractivity contribution in [3.8, 4) is 0 Å². The van der Waals surface area contributed by atoms with Gasteiger partial charge in [-0.1, -0.05) is 31.9 Å². The van der Waals surface area contributed by atoms with E-state index in [0.717, 1.165) is 0 Å². The minimum Gasteiger partial charge on any atom is -0.747 e. The summed E-state index contributed by atoms with van der Waals surface area (Å²) in [7, 11) is -4.13. The van der Waals surface area contributed by atoms with Crippen molar-refractivity contribution in [2.24, 2.45) is 0 Å². The van der Waals surface area contributed by atoms with Gasteiger partial charge >= 0.3 is 29.6 Å². The minimum atomic E-state index is -4.13. The van der Waals surface area contributed by atoms with Crippen LogP contribution in [-0.2, 0) is 10.1 Å². The fraction of sp³-hybridized carbons (Fsp3) is 1.00. The van der Waals surface area contributed by atoms with Gasteiger partial charge in [0.1, 0.15) is 14.3 Å². The van der Waals surface area contributed by atoms with Gasteiger partial charge in [-0.05, 0) is 6.42 Å². The molecule has 0 fully saturated rings. The predicted octanol–water partition coefficient (Wildman–Crippen LogP) is -1.96. The fourth-order valence-electron chi connectivity index (χ4n) is 0.230. The van der Waals surface area contributed by atoms with E-state index in [4.69, 9.17) is 0 Å². The maximum absolute atomic E-state index is 10.1. The third-order valence-corrected chi connectivity index (χ3v) is 3.80. The first-order valence-corrected chi connectivity index (χ1v) is 5.64. The summed E-state index contributed by atoms with van der Waals surface area (Å²) in [5.74, 6) is 0. The van der Waals surface area contributed by atoms with E-state index in [2.05, 4.69) is 31.9 Å². The van der Waals surface area contributed by atoms with Crippen LogP contribution in [0.15, 0.2) is 0 Å². The van der Waals surface area contributed by atoms with Crippen LogP contribution in [0.3, 0.4) is 0 Å². The second-order valence-corrected chi connectivity index (χ2v) is 5.44. The van der Waals surface area contributed by atoms with Crippen molar-refractivity contribution < 1.29 is 42.5 Å². The molecule has 10 heavy (non-hydrogen) atoms. The van der Waals surface area contributed by atoms with Gasteiger partial charge in [0, 0.05) is 5.33 Å². The normalized spacial score (nSPS) is 13.9. The number of rotatable bonds is 3. The summed E-state index contributed by atoms with van der Waals surface area (Å²) in [5.41, 5.74) is 0. The molecule has 0 aliphatic rings. The smallest absolute Gasteiger partial charge is 0.747 e. The first-order valence-electron chi connectivity index (χ1n) is 2.13. The second-order valence-electron chi connectivity index (χ2n) is 1.38. The average Bonchev–Trinajstić information content (AvgIpc) is 1.64. The molecule has 56 valence electrons. The third-order valence-electron chi connectivity index (χ3n) is 0.649. The first-order chi connectivity index (χ1) is 3.98. The standard InChI is InChI=1S/C3H6Br2O3S.Na/c4-2-1-3(5)9(6,7)8;/h3H,1-2H2,(H,6,7,8);/q;+1/p-1. The molecule has 0 rings (SSSR count). The molecular weight excluding hydrogens is 299 g/mol. The molecule has 0 aromatic rings. The molecule has 3 nitrogen and oxygen atoms in total. The molecule has 0 aromatic carbocycles. The van der Waals surface area contributed by atoms with Gasteiger partial charge in [0.15, 0.2) is 0 Å². The Labute approximate surface area is 99.2 Å². The number of hydrogen-bond donors (Lipinski definition) is 0. The van der Waals surface area contributed by atoms with Crippen LogP contribution in [0.25, 0.3) is 0 Å². The molecule has 1 unspecified atom stereocenters. The van der Waals surface area contributed by atoms with Crippen molar-refractivity contribution in [2.75, 3.05) is 5.33 Å². The number of alkyl halides is 2. The van der Waals surface area contributed by atoms with Gasteiger partial charge in [-0.3, -0.25) is 0 Å². The summed E-state index contributed by atoms with van der Waals surface area (Å²) in [6.07, 6.45) is 0.297. The SMILES string of the molecule is O=S(=O)([O-])C(Br)CCBr.[Na+]. The maximum atomic E-state index is 10.1. The zero-order valence-corrected chi connectivity index (χ0v) is 11.4. The molecule has 0 aliphatic heterocycles. The Hall–Kier alpha value is 1.87. The van der Waals surface area contributed by atoms with Crippen molar-refractivity contribution in [3.05, 3.63) is 0 Å². The quantitative estimate of drug-likeness (QED) is 0.346. The fourth-order valence-corrected chi connectivity index (χ4v) is 2.24. The Bertz CT molecular complexity index is 169. The largest absolute Gasteiger partial charge is 1.00 e. The van der Waals surface area contributed by atoms with E-state index in [1.807, 2.05) is 0 Å². The van der Waals surface area contributed by atoms with E-state index in [0.29, 0.717) is 11.8 Å². The van der Waals surface area contributed by atoms with Gasteiger partial charge in [0.25, 0.3) is 0 Å². The van der Waals surface area contributed by atoms with E-state index in [1.165, 1.54) is 0 Å². The van der Waals surface area contributed by atoms with Crippen molar-refractivity contribution in [2.45, 2.75) is 10.6 Å². The van der Waals surface area contributed by atoms with Gasteiger partial charge in [-0.2, -0.15) is 0 Å². The molecule has 0 bridgehead atoms. The third kappa shape index (κ3) is 6.57. The molecule has 0 saturated carbocycles. The molecule has 1 atom stereocenters. The van der Waals surface area contributed by atoms with Crippen LogP contribution >= 0.6 is 31.9 Å². The Morgan fingerprint density at radius 3 is 2.00 bits per heavy atom. The molecule has 7 heteroatoms. The second kappa shape index (κ2) is 6.39. The van der Waals surface area contributed by atoms with Crippen LogP contribution in [-0.4, -0.2) is 22.5 Å². The molecule has 0 radical (unpaired) electrons. The molecular formula is C3H5Br2NaO3S. The molecule has 0 spiro atoms. The van der Waals surface area contributed by atoms with Gasteiger partial charge in [0.05, 0.1) is 0 Å². The van der Waals surface area contributed by atoms with Crippen molar-refractivity contribution in [1.82, 2.24) is 0 Å². The predicted molar refractivity (Wildman–Crippen MR) is 40.8 cm³/mol. The van der Waals surface area contributed by atoms with E-state index in [9.17, 15) is 13.0 Å². The minimum absolute atomic E-state index is 0. The van der Waals surface area contributed by atoms with E-state index in [1.54, 1.807) is 0 Å². The average molecular weight is 304 g/mol. The Balaban J connectivity index is 0. The molecule has 0 N–H and O–H groups in total.